The van der Waals surface area contributed by atoms with Crippen molar-refractivity contribution in [1.29, 1.82) is 0 Å². The highest BCUT2D eigenvalue weighted by molar-refractivity contribution is 7.89. The lowest BCUT2D eigenvalue weighted by molar-refractivity contribution is 0.278. The van der Waals surface area contributed by atoms with E-state index in [4.69, 9.17) is 5.11 Å². The molecule has 7 nitrogen and oxygen atoms in total. The van der Waals surface area contributed by atoms with Gasteiger partial charge in [0.2, 0.25) is 10.0 Å². The Morgan fingerprint density at radius 3 is 2.80 bits per heavy atom. The van der Waals surface area contributed by atoms with Crippen molar-refractivity contribution in [2.24, 2.45) is 0 Å². The minimum absolute atomic E-state index is 0.114. The molecule has 108 valence electrons. The van der Waals surface area contributed by atoms with Crippen LogP contribution in [0, 0.1) is 0 Å². The molecule has 0 aliphatic heterocycles. The minimum Gasteiger partial charge on any atom is -0.392 e. The maximum Gasteiger partial charge on any atom is 0.240 e. The summed E-state index contributed by atoms with van der Waals surface area (Å²) in [6.45, 7) is 0.572. The third-order valence-corrected chi connectivity index (χ3v) is 4.32. The molecular formula is C12H16N4O3S. The molecule has 0 aliphatic carbocycles. The van der Waals surface area contributed by atoms with Gasteiger partial charge in [0.1, 0.15) is 0 Å². The summed E-state index contributed by atoms with van der Waals surface area (Å²) in [6, 6.07) is 6.38. The van der Waals surface area contributed by atoms with Crippen LogP contribution in [0.5, 0.6) is 0 Å². The summed E-state index contributed by atoms with van der Waals surface area (Å²) >= 11 is 0. The Kier molecular flexibility index (Phi) is 4.83. The minimum atomic E-state index is -3.60. The Hall–Kier alpha value is -1.77. The van der Waals surface area contributed by atoms with Gasteiger partial charge in [0, 0.05) is 19.3 Å². The molecule has 2 rings (SSSR count). The molecule has 0 amide bonds. The molecule has 0 saturated carbocycles. The molecule has 1 aromatic heterocycles. The van der Waals surface area contributed by atoms with Gasteiger partial charge in [0.25, 0.3) is 0 Å². The van der Waals surface area contributed by atoms with E-state index in [9.17, 15) is 8.42 Å². The highest BCUT2D eigenvalue weighted by Gasteiger charge is 2.16. The molecule has 0 atom stereocenters. The fraction of sp³-hybridized carbons (Fsp3) is 0.333. The molecule has 0 bridgehead atoms. The summed E-state index contributed by atoms with van der Waals surface area (Å²) in [5.74, 6) is 0. The molecule has 1 heterocycles. The molecule has 0 unspecified atom stereocenters. The average molecular weight is 296 g/mol. The van der Waals surface area contributed by atoms with Crippen molar-refractivity contribution in [3.63, 3.8) is 0 Å². The first-order valence-corrected chi connectivity index (χ1v) is 7.64. The van der Waals surface area contributed by atoms with Gasteiger partial charge in [-0.15, -0.1) is 5.10 Å². The van der Waals surface area contributed by atoms with Gasteiger partial charge in [-0.2, -0.15) is 0 Å². The van der Waals surface area contributed by atoms with E-state index in [0.29, 0.717) is 25.1 Å². The second kappa shape index (κ2) is 6.60. The van der Waals surface area contributed by atoms with E-state index in [-0.39, 0.29) is 11.5 Å². The van der Waals surface area contributed by atoms with Gasteiger partial charge in [0.15, 0.2) is 0 Å². The van der Waals surface area contributed by atoms with Gasteiger partial charge in [-0.1, -0.05) is 23.4 Å². The van der Waals surface area contributed by atoms with Gasteiger partial charge in [-0.05, 0) is 18.1 Å². The second-order valence-corrected chi connectivity index (χ2v) is 5.92. The van der Waals surface area contributed by atoms with Crippen LogP contribution >= 0.6 is 0 Å². The van der Waals surface area contributed by atoms with Crippen LogP contribution < -0.4 is 4.72 Å². The first-order chi connectivity index (χ1) is 9.63. The molecular weight excluding hydrogens is 280 g/mol. The van der Waals surface area contributed by atoms with Gasteiger partial charge in [0.05, 0.1) is 17.7 Å². The van der Waals surface area contributed by atoms with Crippen LogP contribution in [-0.2, 0) is 23.2 Å². The van der Waals surface area contributed by atoms with Crippen LogP contribution in [-0.4, -0.2) is 35.1 Å². The molecule has 8 heteroatoms. The Labute approximate surface area is 117 Å². The molecule has 0 aliphatic rings. The van der Waals surface area contributed by atoms with Crippen molar-refractivity contribution in [1.82, 2.24) is 19.7 Å². The van der Waals surface area contributed by atoms with E-state index in [1.165, 1.54) is 6.07 Å². The Balaban J connectivity index is 1.94. The molecule has 1 aromatic carbocycles. The van der Waals surface area contributed by atoms with Crippen molar-refractivity contribution in [3.8, 4) is 0 Å². The van der Waals surface area contributed by atoms with Crippen LogP contribution in [0.3, 0.4) is 0 Å². The van der Waals surface area contributed by atoms with Crippen LogP contribution in [0.4, 0.5) is 0 Å². The lowest BCUT2D eigenvalue weighted by Crippen LogP contribution is -2.26. The molecule has 2 aromatic rings. The number of hydrogen-bond acceptors (Lipinski definition) is 5. The molecule has 0 radical (unpaired) electrons. The van der Waals surface area contributed by atoms with E-state index in [1.807, 2.05) is 0 Å². The quantitative estimate of drug-likeness (QED) is 0.708. The number of aliphatic hydroxyl groups excluding tert-OH is 1. The van der Waals surface area contributed by atoms with Gasteiger partial charge < -0.3 is 5.11 Å². The number of aliphatic hydroxyl groups is 1. The summed E-state index contributed by atoms with van der Waals surface area (Å²) in [5.41, 5.74) is 0.385. The molecule has 0 fully saturated rings. The van der Waals surface area contributed by atoms with Gasteiger partial charge in [-0.25, -0.2) is 13.1 Å². The highest BCUT2D eigenvalue weighted by Crippen LogP contribution is 2.14. The third-order valence-electron chi connectivity index (χ3n) is 2.76. The molecule has 20 heavy (non-hydrogen) atoms. The zero-order valence-corrected chi connectivity index (χ0v) is 11.6. The van der Waals surface area contributed by atoms with Gasteiger partial charge in [-0.3, -0.25) is 4.68 Å². The number of aryl methyl sites for hydroxylation is 1. The smallest absolute Gasteiger partial charge is 0.240 e. The molecule has 0 spiro atoms. The number of hydrogen-bond donors (Lipinski definition) is 2. The van der Waals surface area contributed by atoms with Gasteiger partial charge >= 0.3 is 0 Å². The SMILES string of the molecule is O=S(=O)(NCCCn1ccnn1)c1ccccc1CO. The molecule has 0 saturated heterocycles. The van der Waals surface area contributed by atoms with Crippen LogP contribution in [0.25, 0.3) is 0 Å². The maximum absolute atomic E-state index is 12.1. The number of aromatic nitrogens is 3. The normalized spacial score (nSPS) is 11.7. The first kappa shape index (κ1) is 14.6. The summed E-state index contributed by atoms with van der Waals surface area (Å²) in [6.07, 6.45) is 3.89. The Morgan fingerprint density at radius 1 is 1.30 bits per heavy atom. The van der Waals surface area contributed by atoms with E-state index >= 15 is 0 Å². The monoisotopic (exact) mass is 296 g/mol. The van der Waals surface area contributed by atoms with Crippen LogP contribution in [0.2, 0.25) is 0 Å². The van der Waals surface area contributed by atoms with Crippen molar-refractivity contribution in [2.75, 3.05) is 6.54 Å². The lowest BCUT2D eigenvalue weighted by Gasteiger charge is -2.09. The average Bonchev–Trinajstić information content (AvgIpc) is 2.97. The van der Waals surface area contributed by atoms with Crippen LogP contribution in [0.15, 0.2) is 41.6 Å². The Bertz CT molecular complexity index is 640. The maximum atomic E-state index is 12.1. The third kappa shape index (κ3) is 3.62. The number of rotatable bonds is 7. The van der Waals surface area contributed by atoms with E-state index in [0.717, 1.165) is 0 Å². The van der Waals surface area contributed by atoms with Crippen molar-refractivity contribution < 1.29 is 13.5 Å². The summed E-state index contributed by atoms with van der Waals surface area (Å²) in [5, 5.41) is 16.6. The summed E-state index contributed by atoms with van der Waals surface area (Å²) < 4.78 is 28.4. The number of sulfonamides is 1. The van der Waals surface area contributed by atoms with Crippen molar-refractivity contribution in [2.45, 2.75) is 24.5 Å². The van der Waals surface area contributed by atoms with Crippen molar-refractivity contribution in [3.05, 3.63) is 42.2 Å². The van der Waals surface area contributed by atoms with E-state index in [2.05, 4.69) is 15.0 Å². The lowest BCUT2D eigenvalue weighted by atomic mass is 10.2. The summed E-state index contributed by atoms with van der Waals surface area (Å²) in [4.78, 5) is 0.114. The molecule has 2 N–H and O–H groups in total. The number of nitrogens with zero attached hydrogens (tertiary/aromatic N) is 3. The zero-order chi connectivity index (χ0) is 14.4. The first-order valence-electron chi connectivity index (χ1n) is 6.16. The topological polar surface area (TPSA) is 97.1 Å². The van der Waals surface area contributed by atoms with Crippen LogP contribution in [0.1, 0.15) is 12.0 Å². The summed E-state index contributed by atoms with van der Waals surface area (Å²) in [7, 11) is -3.60. The van der Waals surface area contributed by atoms with E-state index in [1.54, 1.807) is 35.3 Å². The fourth-order valence-electron chi connectivity index (χ4n) is 1.77. The predicted molar refractivity (Wildman–Crippen MR) is 72.2 cm³/mol. The second-order valence-electron chi connectivity index (χ2n) is 4.18. The number of nitrogens with one attached hydrogen (secondary N) is 1. The largest absolute Gasteiger partial charge is 0.392 e. The van der Waals surface area contributed by atoms with Crippen molar-refractivity contribution >= 4 is 10.0 Å². The number of benzene rings is 1. The fourth-order valence-corrected chi connectivity index (χ4v) is 3.08. The Morgan fingerprint density at radius 2 is 2.10 bits per heavy atom. The standard InChI is InChI=1S/C12H16N4O3S/c17-10-11-4-1-2-5-12(11)20(18,19)14-6-3-8-16-9-7-13-15-16/h1-2,4-5,7,9,14,17H,3,6,8,10H2. The van der Waals surface area contributed by atoms with E-state index < -0.39 is 10.0 Å². The zero-order valence-electron chi connectivity index (χ0n) is 10.8. The predicted octanol–water partition coefficient (Wildman–Crippen LogP) is 0.139. The highest BCUT2D eigenvalue weighted by atomic mass is 32.2.